The van der Waals surface area contributed by atoms with Crippen LogP contribution in [0.25, 0.3) is 17.3 Å². The van der Waals surface area contributed by atoms with Crippen LogP contribution in [-0.4, -0.2) is 16.1 Å². The van der Waals surface area contributed by atoms with Crippen LogP contribution in [0.3, 0.4) is 0 Å². The van der Waals surface area contributed by atoms with E-state index in [0.717, 1.165) is 28.7 Å². The average molecular weight is 223 g/mol. The van der Waals surface area contributed by atoms with Crippen molar-refractivity contribution >= 4 is 6.08 Å². The van der Waals surface area contributed by atoms with Gasteiger partial charge in [0.05, 0.1) is 17.6 Å². The van der Waals surface area contributed by atoms with Gasteiger partial charge in [0.1, 0.15) is 0 Å². The normalized spacial score (nSPS) is 14.6. The summed E-state index contributed by atoms with van der Waals surface area (Å²) in [6, 6.07) is 8.01. The minimum Gasteiger partial charge on any atom is -0.318 e. The molecule has 4 heteroatoms. The number of aromatic nitrogens is 2. The fraction of sp³-hybridized carbons (Fsp3) is 0.154. The van der Waals surface area contributed by atoms with Gasteiger partial charge in [0.2, 0.25) is 0 Å². The van der Waals surface area contributed by atoms with Crippen molar-refractivity contribution in [2.24, 2.45) is 4.99 Å². The number of hydrogen-bond donors (Lipinski definition) is 0. The van der Waals surface area contributed by atoms with Crippen molar-refractivity contribution < 1.29 is 0 Å². The summed E-state index contributed by atoms with van der Waals surface area (Å²) < 4.78 is 1.98. The molecule has 0 bridgehead atoms. The van der Waals surface area contributed by atoms with Crippen molar-refractivity contribution in [1.29, 1.82) is 0 Å². The number of hydrogen-bond acceptors (Lipinski definition) is 3. The average Bonchev–Trinajstić information content (AvgIpc) is 2.93. The Morgan fingerprint density at radius 2 is 2.12 bits per heavy atom. The predicted octanol–water partition coefficient (Wildman–Crippen LogP) is -0.314. The molecule has 0 N–H and O–H groups in total. The highest BCUT2D eigenvalue weighted by Crippen LogP contribution is 2.23. The largest absolute Gasteiger partial charge is 0.318 e. The molecule has 2 heterocycles. The van der Waals surface area contributed by atoms with E-state index in [1.807, 2.05) is 28.8 Å². The molecule has 1 aliphatic carbocycles. The molecular formula is C13H9N3O. The van der Waals surface area contributed by atoms with E-state index in [1.54, 1.807) is 0 Å². The van der Waals surface area contributed by atoms with Crippen molar-refractivity contribution in [3.05, 3.63) is 51.0 Å². The number of rotatable bonds is 0. The highest BCUT2D eigenvalue weighted by Gasteiger charge is 2.19. The first kappa shape index (κ1) is 8.87. The van der Waals surface area contributed by atoms with Gasteiger partial charge in [-0.1, -0.05) is 24.3 Å². The van der Waals surface area contributed by atoms with Crippen molar-refractivity contribution in [3.8, 4) is 11.3 Å². The van der Waals surface area contributed by atoms with Gasteiger partial charge in [-0.2, -0.15) is 0 Å². The molecule has 1 aromatic heterocycles. The zero-order valence-electron chi connectivity index (χ0n) is 9.05. The first-order valence-corrected chi connectivity index (χ1v) is 5.61. The highest BCUT2D eigenvalue weighted by atomic mass is 16.1. The maximum atomic E-state index is 11.8. The summed E-state index contributed by atoms with van der Waals surface area (Å²) in [7, 11) is 0. The molecule has 82 valence electrons. The van der Waals surface area contributed by atoms with Crippen LogP contribution in [0, 0.1) is 0 Å². The Morgan fingerprint density at radius 1 is 1.24 bits per heavy atom. The minimum atomic E-state index is -0.216. The summed E-state index contributed by atoms with van der Waals surface area (Å²) in [5.41, 5.74) is 3.25. The van der Waals surface area contributed by atoms with Gasteiger partial charge in [-0.3, -0.25) is 9.79 Å². The summed E-state index contributed by atoms with van der Waals surface area (Å²) in [6.45, 7) is 1.46. The van der Waals surface area contributed by atoms with E-state index in [4.69, 9.17) is 0 Å². The van der Waals surface area contributed by atoms with Gasteiger partial charge in [0.25, 0.3) is 0 Å². The Hall–Kier alpha value is -2.23. The molecule has 0 atom stereocenters. The smallest absolute Gasteiger partial charge is 0.313 e. The molecule has 0 radical (unpaired) electrons. The second-order valence-electron chi connectivity index (χ2n) is 4.24. The van der Waals surface area contributed by atoms with Crippen LogP contribution in [0.15, 0.2) is 34.1 Å². The second-order valence-corrected chi connectivity index (χ2v) is 4.24. The van der Waals surface area contributed by atoms with Crippen LogP contribution in [0.4, 0.5) is 0 Å². The van der Waals surface area contributed by atoms with E-state index in [-0.39, 0.29) is 5.56 Å². The molecule has 0 amide bonds. The fourth-order valence-corrected chi connectivity index (χ4v) is 2.53. The Bertz CT molecular complexity index is 818. The van der Waals surface area contributed by atoms with Crippen molar-refractivity contribution in [3.63, 3.8) is 0 Å². The zero-order valence-corrected chi connectivity index (χ0v) is 9.05. The monoisotopic (exact) mass is 223 g/mol. The predicted molar refractivity (Wildman–Crippen MR) is 63.1 cm³/mol. The molecule has 0 saturated carbocycles. The van der Waals surface area contributed by atoms with Crippen LogP contribution in [0.2, 0.25) is 0 Å². The Labute approximate surface area is 96.6 Å². The fourth-order valence-electron chi connectivity index (χ4n) is 2.53. The van der Waals surface area contributed by atoms with Crippen LogP contribution in [-0.2, 0) is 6.54 Å². The van der Waals surface area contributed by atoms with Gasteiger partial charge in [-0.15, -0.1) is 0 Å². The maximum Gasteiger partial charge on any atom is 0.313 e. The highest BCUT2D eigenvalue weighted by molar-refractivity contribution is 5.79. The van der Waals surface area contributed by atoms with Gasteiger partial charge in [0, 0.05) is 12.1 Å². The van der Waals surface area contributed by atoms with Crippen molar-refractivity contribution in [2.75, 3.05) is 6.54 Å². The standard InChI is InChI=1S/C13H9N3O/c17-13-12-14-5-6-16(12)10-7-8-3-1-2-4-9(8)11(10)15-13/h1-4,7H,5-6H2. The quantitative estimate of drug-likeness (QED) is 0.524. The first-order chi connectivity index (χ1) is 8.34. The molecule has 4 nitrogen and oxygen atoms in total. The van der Waals surface area contributed by atoms with Gasteiger partial charge < -0.3 is 4.57 Å². The third kappa shape index (κ3) is 1.04. The number of benzene rings is 1. The van der Waals surface area contributed by atoms with Gasteiger partial charge >= 0.3 is 5.56 Å². The van der Waals surface area contributed by atoms with Crippen LogP contribution in [0.1, 0.15) is 5.56 Å². The summed E-state index contributed by atoms with van der Waals surface area (Å²) >= 11 is 0. The maximum absolute atomic E-state index is 11.8. The van der Waals surface area contributed by atoms with Crippen molar-refractivity contribution in [2.45, 2.75) is 6.54 Å². The first-order valence-electron chi connectivity index (χ1n) is 5.61. The van der Waals surface area contributed by atoms with Gasteiger partial charge in [-0.25, -0.2) is 4.98 Å². The molecule has 4 rings (SSSR count). The molecule has 0 unspecified atom stereocenters. The summed E-state index contributed by atoms with van der Waals surface area (Å²) in [6.07, 6.45) is 2.08. The van der Waals surface area contributed by atoms with Crippen LogP contribution >= 0.6 is 0 Å². The molecular weight excluding hydrogens is 214 g/mol. The van der Waals surface area contributed by atoms with E-state index >= 15 is 0 Å². The summed E-state index contributed by atoms with van der Waals surface area (Å²) in [4.78, 5) is 20.2. The molecule has 2 aliphatic rings. The molecule has 2 aromatic rings. The van der Waals surface area contributed by atoms with Crippen molar-refractivity contribution in [1.82, 2.24) is 9.55 Å². The SMILES string of the molecule is O=c1nc2c(n3c1=NCC3)=Cc1ccccc1-2. The molecule has 0 saturated heterocycles. The molecule has 0 spiro atoms. The Kier molecular flexibility index (Phi) is 1.52. The molecule has 1 aromatic carbocycles. The summed E-state index contributed by atoms with van der Waals surface area (Å²) in [5, 5.41) is 1.02. The summed E-state index contributed by atoms with van der Waals surface area (Å²) in [5.74, 6) is 0. The Balaban J connectivity index is 2.23. The lowest BCUT2D eigenvalue weighted by molar-refractivity contribution is 0.719. The number of nitrogens with zero attached hydrogens (tertiary/aromatic N) is 3. The minimum absolute atomic E-state index is 0.216. The van der Waals surface area contributed by atoms with E-state index in [9.17, 15) is 4.79 Å². The lowest BCUT2D eigenvalue weighted by Crippen LogP contribution is -2.42. The molecule has 0 fully saturated rings. The van der Waals surface area contributed by atoms with E-state index in [2.05, 4.69) is 16.1 Å². The van der Waals surface area contributed by atoms with Gasteiger partial charge in [0.15, 0.2) is 5.49 Å². The zero-order chi connectivity index (χ0) is 11.4. The van der Waals surface area contributed by atoms with E-state index < -0.39 is 0 Å². The Morgan fingerprint density at radius 3 is 3.06 bits per heavy atom. The molecule has 17 heavy (non-hydrogen) atoms. The second kappa shape index (κ2) is 2.91. The van der Waals surface area contributed by atoms with E-state index in [0.29, 0.717) is 12.0 Å². The lowest BCUT2D eigenvalue weighted by atomic mass is 10.1. The third-order valence-electron chi connectivity index (χ3n) is 3.29. The van der Waals surface area contributed by atoms with Crippen LogP contribution in [0.5, 0.6) is 0 Å². The lowest BCUT2D eigenvalue weighted by Gasteiger charge is -2.02. The topological polar surface area (TPSA) is 47.2 Å². The van der Waals surface area contributed by atoms with Gasteiger partial charge in [-0.05, 0) is 11.6 Å². The van der Waals surface area contributed by atoms with E-state index in [1.165, 1.54) is 0 Å². The molecule has 1 aliphatic heterocycles. The number of fused-ring (bicyclic) bond motifs is 5. The van der Waals surface area contributed by atoms with Crippen LogP contribution < -0.4 is 16.4 Å². The third-order valence-corrected chi connectivity index (χ3v) is 3.29.